The van der Waals surface area contributed by atoms with E-state index in [4.69, 9.17) is 4.74 Å². The molecule has 1 aromatic rings. The van der Waals surface area contributed by atoms with Gasteiger partial charge in [0.1, 0.15) is 0 Å². The van der Waals surface area contributed by atoms with E-state index in [1.165, 1.54) is 5.57 Å². The molecule has 0 fully saturated rings. The van der Waals surface area contributed by atoms with Crippen LogP contribution >= 0.6 is 0 Å². The van der Waals surface area contributed by atoms with E-state index in [2.05, 4.69) is 26.7 Å². The Morgan fingerprint density at radius 3 is 3.24 bits per heavy atom. The van der Waals surface area contributed by atoms with Crippen molar-refractivity contribution in [3.05, 3.63) is 23.9 Å². The van der Waals surface area contributed by atoms with Crippen molar-refractivity contribution in [3.8, 4) is 5.88 Å². The fourth-order valence-electron chi connectivity index (χ4n) is 1.68. The maximum atomic E-state index is 5.32. The van der Waals surface area contributed by atoms with Gasteiger partial charge in [0.2, 0.25) is 11.8 Å². The number of aromatic nitrogens is 2. The Balaban J connectivity index is 1.89. The molecule has 2 N–H and O–H groups in total. The van der Waals surface area contributed by atoms with Gasteiger partial charge in [0.15, 0.2) is 0 Å². The number of ether oxygens (including phenoxy) is 1. The van der Waals surface area contributed by atoms with Crippen LogP contribution in [-0.2, 0) is 0 Å². The minimum absolute atomic E-state index is 0.615. The molecule has 0 spiro atoms. The lowest BCUT2D eigenvalue weighted by atomic mass is 10.1. The van der Waals surface area contributed by atoms with Crippen LogP contribution in [0.3, 0.4) is 0 Å². The second kappa shape index (κ2) is 6.20. The molecule has 1 aliphatic rings. The molecule has 17 heavy (non-hydrogen) atoms. The van der Waals surface area contributed by atoms with Gasteiger partial charge in [0.05, 0.1) is 6.61 Å². The van der Waals surface area contributed by atoms with Gasteiger partial charge in [0.25, 0.3) is 0 Å². The summed E-state index contributed by atoms with van der Waals surface area (Å²) < 4.78 is 5.32. The van der Waals surface area contributed by atoms with Crippen LogP contribution in [0.15, 0.2) is 23.9 Å². The largest absolute Gasteiger partial charge is 0.478 e. The molecule has 1 aliphatic heterocycles. The first-order valence-corrected chi connectivity index (χ1v) is 5.97. The summed E-state index contributed by atoms with van der Waals surface area (Å²) in [5, 5.41) is 6.50. The number of hydrogen-bond donors (Lipinski definition) is 2. The first kappa shape index (κ1) is 11.9. The third kappa shape index (κ3) is 3.71. The highest BCUT2D eigenvalue weighted by Gasteiger charge is 2.04. The second-order valence-corrected chi connectivity index (χ2v) is 3.82. The van der Waals surface area contributed by atoms with Crippen molar-refractivity contribution in [3.63, 3.8) is 0 Å². The average molecular weight is 234 g/mol. The number of anilines is 1. The minimum atomic E-state index is 0.615. The van der Waals surface area contributed by atoms with Gasteiger partial charge in [-0.05, 0) is 19.9 Å². The molecule has 0 saturated heterocycles. The molecule has 92 valence electrons. The molecule has 0 unspecified atom stereocenters. The topological polar surface area (TPSA) is 59.1 Å². The Morgan fingerprint density at radius 1 is 1.53 bits per heavy atom. The maximum Gasteiger partial charge on any atom is 0.226 e. The van der Waals surface area contributed by atoms with Gasteiger partial charge in [-0.2, -0.15) is 4.98 Å². The minimum Gasteiger partial charge on any atom is -0.478 e. The van der Waals surface area contributed by atoms with Gasteiger partial charge in [-0.1, -0.05) is 11.6 Å². The number of hydrogen-bond acceptors (Lipinski definition) is 5. The second-order valence-electron chi connectivity index (χ2n) is 3.82. The fraction of sp³-hybridized carbons (Fsp3) is 0.500. The van der Waals surface area contributed by atoms with Crippen molar-refractivity contribution >= 4 is 5.95 Å². The summed E-state index contributed by atoms with van der Waals surface area (Å²) in [4.78, 5) is 8.42. The first-order valence-electron chi connectivity index (χ1n) is 5.97. The van der Waals surface area contributed by atoms with Gasteiger partial charge in [0, 0.05) is 25.4 Å². The highest BCUT2D eigenvalue weighted by atomic mass is 16.5. The quantitative estimate of drug-likeness (QED) is 0.750. The van der Waals surface area contributed by atoms with Crippen LogP contribution in [0.2, 0.25) is 0 Å². The molecular weight excluding hydrogens is 216 g/mol. The number of rotatable bonds is 5. The van der Waals surface area contributed by atoms with E-state index >= 15 is 0 Å². The molecule has 0 amide bonds. The molecule has 2 rings (SSSR count). The Morgan fingerprint density at radius 2 is 2.47 bits per heavy atom. The molecule has 0 atom stereocenters. The van der Waals surface area contributed by atoms with E-state index in [1.54, 1.807) is 12.3 Å². The molecule has 0 radical (unpaired) electrons. The van der Waals surface area contributed by atoms with Crippen LogP contribution in [0, 0.1) is 0 Å². The van der Waals surface area contributed by atoms with Crippen molar-refractivity contribution in [2.45, 2.75) is 13.3 Å². The summed E-state index contributed by atoms with van der Waals surface area (Å²) in [6, 6.07) is 1.76. The maximum absolute atomic E-state index is 5.32. The molecule has 0 aromatic carbocycles. The monoisotopic (exact) mass is 234 g/mol. The predicted octanol–water partition coefficient (Wildman–Crippen LogP) is 1.21. The van der Waals surface area contributed by atoms with Gasteiger partial charge in [-0.15, -0.1) is 0 Å². The summed E-state index contributed by atoms with van der Waals surface area (Å²) >= 11 is 0. The summed E-state index contributed by atoms with van der Waals surface area (Å²) in [6.07, 6.45) is 5.00. The van der Waals surface area contributed by atoms with E-state index in [-0.39, 0.29) is 0 Å². The zero-order valence-corrected chi connectivity index (χ0v) is 10.1. The average Bonchev–Trinajstić information content (AvgIpc) is 2.39. The van der Waals surface area contributed by atoms with E-state index in [9.17, 15) is 0 Å². The van der Waals surface area contributed by atoms with Crippen LogP contribution < -0.4 is 15.4 Å². The molecule has 1 aromatic heterocycles. The highest BCUT2D eigenvalue weighted by Crippen LogP contribution is 2.10. The Bertz CT molecular complexity index is 392. The van der Waals surface area contributed by atoms with Crippen molar-refractivity contribution in [1.29, 1.82) is 0 Å². The SMILES string of the molecule is CCOc1ccnc(NCC2=CCNCC2)n1. The summed E-state index contributed by atoms with van der Waals surface area (Å²) in [5.74, 6) is 1.24. The first-order chi connectivity index (χ1) is 8.38. The van der Waals surface area contributed by atoms with Crippen LogP contribution in [0.1, 0.15) is 13.3 Å². The smallest absolute Gasteiger partial charge is 0.226 e. The zero-order valence-electron chi connectivity index (χ0n) is 10.1. The normalized spacial score (nSPS) is 15.2. The lowest BCUT2D eigenvalue weighted by Crippen LogP contribution is -2.23. The standard InChI is InChI=1S/C12H18N4O/c1-2-17-11-5-8-14-12(16-11)15-9-10-3-6-13-7-4-10/h3,5,8,13H,2,4,6-7,9H2,1H3,(H,14,15,16). The van der Waals surface area contributed by atoms with Gasteiger partial charge in [-0.25, -0.2) is 4.98 Å². The van der Waals surface area contributed by atoms with Crippen molar-refractivity contribution in [1.82, 2.24) is 15.3 Å². The summed E-state index contributed by atoms with van der Waals surface area (Å²) in [5.41, 5.74) is 1.40. The molecule has 5 heteroatoms. The third-order valence-corrected chi connectivity index (χ3v) is 2.55. The van der Waals surface area contributed by atoms with Gasteiger partial charge in [-0.3, -0.25) is 0 Å². The predicted molar refractivity (Wildman–Crippen MR) is 67.3 cm³/mol. The Kier molecular flexibility index (Phi) is 4.32. The molecule has 5 nitrogen and oxygen atoms in total. The Hall–Kier alpha value is -1.62. The lowest BCUT2D eigenvalue weighted by Gasteiger charge is -2.14. The molecular formula is C12H18N4O. The van der Waals surface area contributed by atoms with Crippen LogP contribution in [0.5, 0.6) is 5.88 Å². The summed E-state index contributed by atoms with van der Waals surface area (Å²) in [6.45, 7) is 5.36. The van der Waals surface area contributed by atoms with E-state index in [0.29, 0.717) is 18.4 Å². The zero-order chi connectivity index (χ0) is 11.9. The molecule has 0 bridgehead atoms. The van der Waals surface area contributed by atoms with Crippen LogP contribution in [0.25, 0.3) is 0 Å². The van der Waals surface area contributed by atoms with E-state index in [1.807, 2.05) is 6.92 Å². The van der Waals surface area contributed by atoms with Crippen LogP contribution in [-0.4, -0.2) is 36.2 Å². The summed E-state index contributed by atoms with van der Waals surface area (Å²) in [7, 11) is 0. The van der Waals surface area contributed by atoms with Gasteiger partial charge < -0.3 is 15.4 Å². The van der Waals surface area contributed by atoms with Gasteiger partial charge >= 0.3 is 0 Å². The van der Waals surface area contributed by atoms with Crippen molar-refractivity contribution in [2.75, 3.05) is 31.6 Å². The number of nitrogens with zero attached hydrogens (tertiary/aromatic N) is 2. The van der Waals surface area contributed by atoms with E-state index < -0.39 is 0 Å². The highest BCUT2D eigenvalue weighted by molar-refractivity contribution is 5.30. The van der Waals surface area contributed by atoms with E-state index in [0.717, 1.165) is 26.1 Å². The van der Waals surface area contributed by atoms with Crippen molar-refractivity contribution < 1.29 is 4.74 Å². The Labute approximate surface area is 101 Å². The number of nitrogens with one attached hydrogen (secondary N) is 2. The molecule has 0 aliphatic carbocycles. The van der Waals surface area contributed by atoms with Crippen molar-refractivity contribution in [2.24, 2.45) is 0 Å². The molecule has 0 saturated carbocycles. The third-order valence-electron chi connectivity index (χ3n) is 2.55. The fourth-order valence-corrected chi connectivity index (χ4v) is 1.68. The van der Waals surface area contributed by atoms with Crippen LogP contribution in [0.4, 0.5) is 5.95 Å². The molecule has 2 heterocycles. The lowest BCUT2D eigenvalue weighted by molar-refractivity contribution is 0.326.